The molecule has 0 saturated carbocycles. The lowest BCUT2D eigenvalue weighted by atomic mass is 10.3. The highest BCUT2D eigenvalue weighted by molar-refractivity contribution is 5.14. The minimum Gasteiger partial charge on any atom is -0.332 e. The van der Waals surface area contributed by atoms with Crippen molar-refractivity contribution in [3.05, 3.63) is 17.2 Å². The minimum absolute atomic E-state index is 0.680. The average Bonchev–Trinajstić information content (AvgIpc) is 2.34. The van der Waals surface area contributed by atoms with Gasteiger partial charge in [-0.2, -0.15) is 0 Å². The lowest BCUT2D eigenvalue weighted by molar-refractivity contribution is 0.622. The van der Waals surface area contributed by atoms with Gasteiger partial charge in [-0.25, -0.2) is 4.98 Å². The van der Waals surface area contributed by atoms with E-state index in [-0.39, 0.29) is 0 Å². The van der Waals surface area contributed by atoms with Crippen LogP contribution in [-0.2, 0) is 13.0 Å². The summed E-state index contributed by atoms with van der Waals surface area (Å²) in [4.78, 5) is 4.50. The standard InChI is InChI=1S/C10H19N3/c1-4-7-13-9(3)8(2)12-10(13)5-6-11/h4-7,11H2,1-3H3. The Morgan fingerprint density at radius 2 is 2.08 bits per heavy atom. The Bertz CT molecular complexity index is 276. The Balaban J connectivity index is 2.96. The number of aromatic nitrogens is 2. The molecule has 1 aromatic rings. The molecule has 0 aliphatic rings. The van der Waals surface area contributed by atoms with Crippen molar-refractivity contribution in [3.8, 4) is 0 Å². The summed E-state index contributed by atoms with van der Waals surface area (Å²) in [7, 11) is 0. The molecule has 2 N–H and O–H groups in total. The number of hydrogen-bond donors (Lipinski definition) is 1. The number of nitrogens with two attached hydrogens (primary N) is 1. The van der Waals surface area contributed by atoms with Crippen molar-refractivity contribution in [1.29, 1.82) is 0 Å². The predicted octanol–water partition coefficient (Wildman–Crippen LogP) is 1.41. The fourth-order valence-electron chi connectivity index (χ4n) is 1.56. The molecule has 0 unspecified atom stereocenters. The topological polar surface area (TPSA) is 43.8 Å². The summed E-state index contributed by atoms with van der Waals surface area (Å²) >= 11 is 0. The summed E-state index contributed by atoms with van der Waals surface area (Å²) in [6, 6.07) is 0. The minimum atomic E-state index is 0.680. The molecule has 1 aromatic heterocycles. The van der Waals surface area contributed by atoms with Crippen LogP contribution in [0.4, 0.5) is 0 Å². The molecule has 3 heteroatoms. The molecular formula is C10H19N3. The van der Waals surface area contributed by atoms with E-state index in [2.05, 4.69) is 30.3 Å². The SMILES string of the molecule is CCCn1c(CCN)nc(C)c1C. The zero-order chi connectivity index (χ0) is 9.84. The Morgan fingerprint density at radius 1 is 1.38 bits per heavy atom. The van der Waals surface area contributed by atoms with Gasteiger partial charge in [0, 0.05) is 18.7 Å². The summed E-state index contributed by atoms with van der Waals surface area (Å²) < 4.78 is 2.28. The van der Waals surface area contributed by atoms with Gasteiger partial charge in [-0.3, -0.25) is 0 Å². The first kappa shape index (κ1) is 10.3. The fourth-order valence-corrected chi connectivity index (χ4v) is 1.56. The van der Waals surface area contributed by atoms with Crippen molar-refractivity contribution in [2.45, 2.75) is 40.2 Å². The summed E-state index contributed by atoms with van der Waals surface area (Å²) in [6.07, 6.45) is 2.03. The van der Waals surface area contributed by atoms with Crippen LogP contribution < -0.4 is 5.73 Å². The third-order valence-electron chi connectivity index (χ3n) is 2.35. The van der Waals surface area contributed by atoms with Gasteiger partial charge in [-0.05, 0) is 26.8 Å². The average molecular weight is 181 g/mol. The molecule has 0 radical (unpaired) electrons. The van der Waals surface area contributed by atoms with Crippen LogP contribution in [0.2, 0.25) is 0 Å². The quantitative estimate of drug-likeness (QED) is 0.763. The summed E-state index contributed by atoms with van der Waals surface area (Å²) in [5, 5.41) is 0. The van der Waals surface area contributed by atoms with Gasteiger partial charge in [-0.1, -0.05) is 6.92 Å². The molecule has 0 saturated heterocycles. The van der Waals surface area contributed by atoms with Gasteiger partial charge in [-0.15, -0.1) is 0 Å². The molecule has 0 fully saturated rings. The Labute approximate surface area is 80.0 Å². The Morgan fingerprint density at radius 3 is 2.62 bits per heavy atom. The number of nitrogens with zero attached hydrogens (tertiary/aromatic N) is 2. The molecule has 0 aromatic carbocycles. The van der Waals surface area contributed by atoms with Crippen LogP contribution in [-0.4, -0.2) is 16.1 Å². The Hall–Kier alpha value is -0.830. The lowest BCUT2D eigenvalue weighted by Gasteiger charge is -2.07. The van der Waals surface area contributed by atoms with Crippen LogP contribution in [0.25, 0.3) is 0 Å². The first-order valence-electron chi connectivity index (χ1n) is 4.93. The van der Waals surface area contributed by atoms with Crippen LogP contribution in [0.3, 0.4) is 0 Å². The van der Waals surface area contributed by atoms with E-state index in [0.29, 0.717) is 6.54 Å². The highest BCUT2D eigenvalue weighted by atomic mass is 15.1. The lowest BCUT2D eigenvalue weighted by Crippen LogP contribution is -2.10. The number of hydrogen-bond acceptors (Lipinski definition) is 2. The number of aryl methyl sites for hydroxylation is 1. The maximum Gasteiger partial charge on any atom is 0.110 e. The van der Waals surface area contributed by atoms with Crippen LogP contribution >= 0.6 is 0 Å². The molecule has 1 rings (SSSR count). The normalized spacial score (nSPS) is 10.8. The molecule has 74 valence electrons. The first-order valence-corrected chi connectivity index (χ1v) is 4.93. The van der Waals surface area contributed by atoms with Crippen molar-refractivity contribution in [1.82, 2.24) is 9.55 Å². The highest BCUT2D eigenvalue weighted by Crippen LogP contribution is 2.11. The van der Waals surface area contributed by atoms with Gasteiger partial charge in [0.05, 0.1) is 5.69 Å². The second-order valence-electron chi connectivity index (χ2n) is 3.39. The summed E-state index contributed by atoms with van der Waals surface area (Å²) in [5.41, 5.74) is 7.95. The molecule has 0 aliphatic carbocycles. The molecule has 1 heterocycles. The smallest absolute Gasteiger partial charge is 0.110 e. The van der Waals surface area contributed by atoms with Crippen molar-refractivity contribution < 1.29 is 0 Å². The van der Waals surface area contributed by atoms with Gasteiger partial charge in [0.2, 0.25) is 0 Å². The zero-order valence-corrected chi connectivity index (χ0v) is 8.80. The molecule has 0 bridgehead atoms. The zero-order valence-electron chi connectivity index (χ0n) is 8.80. The first-order chi connectivity index (χ1) is 6.20. The highest BCUT2D eigenvalue weighted by Gasteiger charge is 2.08. The second-order valence-corrected chi connectivity index (χ2v) is 3.39. The third-order valence-corrected chi connectivity index (χ3v) is 2.35. The van der Waals surface area contributed by atoms with Gasteiger partial charge < -0.3 is 10.3 Å². The largest absolute Gasteiger partial charge is 0.332 e. The molecule has 0 atom stereocenters. The van der Waals surface area contributed by atoms with E-state index in [4.69, 9.17) is 5.73 Å². The van der Waals surface area contributed by atoms with Crippen molar-refractivity contribution in [2.24, 2.45) is 5.73 Å². The van der Waals surface area contributed by atoms with E-state index in [1.165, 1.54) is 5.69 Å². The van der Waals surface area contributed by atoms with E-state index in [1.54, 1.807) is 0 Å². The summed E-state index contributed by atoms with van der Waals surface area (Å²) in [5.74, 6) is 1.14. The summed E-state index contributed by atoms with van der Waals surface area (Å²) in [6.45, 7) is 8.10. The molecule has 13 heavy (non-hydrogen) atoms. The van der Waals surface area contributed by atoms with Gasteiger partial charge >= 0.3 is 0 Å². The molecule has 3 nitrogen and oxygen atoms in total. The number of imidazole rings is 1. The predicted molar refractivity (Wildman–Crippen MR) is 54.8 cm³/mol. The van der Waals surface area contributed by atoms with E-state index in [1.807, 2.05) is 0 Å². The van der Waals surface area contributed by atoms with Crippen LogP contribution in [0, 0.1) is 13.8 Å². The van der Waals surface area contributed by atoms with Gasteiger partial charge in [0.1, 0.15) is 5.82 Å². The van der Waals surface area contributed by atoms with Crippen LogP contribution in [0.5, 0.6) is 0 Å². The van der Waals surface area contributed by atoms with E-state index < -0.39 is 0 Å². The van der Waals surface area contributed by atoms with E-state index >= 15 is 0 Å². The molecule has 0 amide bonds. The maximum absolute atomic E-state index is 5.53. The third kappa shape index (κ3) is 2.10. The maximum atomic E-state index is 5.53. The van der Waals surface area contributed by atoms with Crippen LogP contribution in [0.1, 0.15) is 30.6 Å². The van der Waals surface area contributed by atoms with Gasteiger partial charge in [0.25, 0.3) is 0 Å². The number of rotatable bonds is 4. The second kappa shape index (κ2) is 4.42. The molecule has 0 aliphatic heterocycles. The van der Waals surface area contributed by atoms with Gasteiger partial charge in [0.15, 0.2) is 0 Å². The van der Waals surface area contributed by atoms with E-state index in [9.17, 15) is 0 Å². The Kier molecular flexibility index (Phi) is 3.48. The van der Waals surface area contributed by atoms with E-state index in [0.717, 1.165) is 30.9 Å². The van der Waals surface area contributed by atoms with Crippen molar-refractivity contribution in [2.75, 3.05) is 6.54 Å². The molecule has 0 spiro atoms. The molecular weight excluding hydrogens is 162 g/mol. The van der Waals surface area contributed by atoms with Crippen LogP contribution in [0.15, 0.2) is 0 Å². The fraction of sp³-hybridized carbons (Fsp3) is 0.700. The van der Waals surface area contributed by atoms with Crippen molar-refractivity contribution >= 4 is 0 Å². The van der Waals surface area contributed by atoms with Crippen molar-refractivity contribution in [3.63, 3.8) is 0 Å². The monoisotopic (exact) mass is 181 g/mol.